The molecule has 0 fully saturated rings. The lowest BCUT2D eigenvalue weighted by Crippen LogP contribution is -2.47. The zero-order valence-corrected chi connectivity index (χ0v) is 20.8. The van der Waals surface area contributed by atoms with Crippen LogP contribution in [0.4, 0.5) is 0 Å². The minimum atomic E-state index is -3.70. The number of nitrogens with one attached hydrogen (secondary N) is 2. The van der Waals surface area contributed by atoms with Gasteiger partial charge in [0.2, 0.25) is 10.0 Å². The maximum Gasteiger partial charge on any atom is 0.279 e. The number of carbonyl (C=O) groups excluding carboxylic acids is 2. The molecule has 33 heavy (non-hydrogen) atoms. The van der Waals surface area contributed by atoms with Gasteiger partial charge < -0.3 is 4.74 Å². The van der Waals surface area contributed by atoms with Crippen molar-refractivity contribution in [3.05, 3.63) is 59.7 Å². The molecule has 0 bridgehead atoms. The molecule has 0 saturated carbocycles. The first-order chi connectivity index (χ1) is 15.4. The van der Waals surface area contributed by atoms with Gasteiger partial charge in [0.15, 0.2) is 6.10 Å². The van der Waals surface area contributed by atoms with Crippen LogP contribution in [0, 0.1) is 0 Å². The van der Waals surface area contributed by atoms with Crippen molar-refractivity contribution in [3.8, 4) is 5.75 Å². The highest BCUT2D eigenvalue weighted by atomic mass is 32.2. The van der Waals surface area contributed by atoms with Gasteiger partial charge in [0.05, 0.1) is 4.90 Å². The molecular formula is C24H33N3O5S. The van der Waals surface area contributed by atoms with E-state index in [2.05, 4.69) is 31.6 Å². The van der Waals surface area contributed by atoms with E-state index in [4.69, 9.17) is 4.74 Å². The molecule has 0 aliphatic carbocycles. The average Bonchev–Trinajstić information content (AvgIpc) is 2.77. The Balaban J connectivity index is 1.99. The number of hydrogen-bond acceptors (Lipinski definition) is 5. The normalized spacial score (nSPS) is 12.8. The van der Waals surface area contributed by atoms with Gasteiger partial charge >= 0.3 is 0 Å². The number of nitrogens with zero attached hydrogens (tertiary/aromatic N) is 1. The van der Waals surface area contributed by atoms with Crippen LogP contribution >= 0.6 is 0 Å². The van der Waals surface area contributed by atoms with Gasteiger partial charge in [-0.3, -0.25) is 20.4 Å². The zero-order chi connectivity index (χ0) is 24.8. The molecule has 9 heteroatoms. The highest BCUT2D eigenvalue weighted by Gasteiger charge is 2.23. The summed E-state index contributed by atoms with van der Waals surface area (Å²) in [5.41, 5.74) is 5.88. The number of amides is 2. The van der Waals surface area contributed by atoms with Crippen LogP contribution in [0.5, 0.6) is 5.75 Å². The number of ether oxygens (including phenoxy) is 1. The lowest BCUT2D eigenvalue weighted by atomic mass is 9.87. The van der Waals surface area contributed by atoms with Gasteiger partial charge in [0.25, 0.3) is 11.8 Å². The Morgan fingerprint density at radius 3 is 2.15 bits per heavy atom. The first-order valence-electron chi connectivity index (χ1n) is 10.9. The summed E-state index contributed by atoms with van der Waals surface area (Å²) in [5, 5.41) is 0. The third-order valence-electron chi connectivity index (χ3n) is 5.14. The van der Waals surface area contributed by atoms with Crippen LogP contribution in [0.1, 0.15) is 57.5 Å². The van der Waals surface area contributed by atoms with Crippen LogP contribution in [-0.2, 0) is 20.2 Å². The highest BCUT2D eigenvalue weighted by molar-refractivity contribution is 7.89. The molecule has 0 radical (unpaired) electrons. The zero-order valence-electron chi connectivity index (χ0n) is 20.0. The van der Waals surface area contributed by atoms with Gasteiger partial charge in [0, 0.05) is 18.7 Å². The van der Waals surface area contributed by atoms with Crippen LogP contribution in [-0.4, -0.2) is 43.7 Å². The van der Waals surface area contributed by atoms with Gasteiger partial charge in [-0.05, 0) is 48.2 Å². The van der Waals surface area contributed by atoms with Crippen molar-refractivity contribution >= 4 is 21.8 Å². The Morgan fingerprint density at radius 2 is 1.61 bits per heavy atom. The SMILES string of the molecule is CCN(CC)S(=O)(=O)c1cccc(C(=O)NNC(=O)C(C)Oc2ccc(C(C)(C)C)cc2)c1. The molecule has 2 amide bonds. The molecule has 1 atom stereocenters. The number of carbonyl (C=O) groups is 2. The smallest absolute Gasteiger partial charge is 0.279 e. The lowest BCUT2D eigenvalue weighted by Gasteiger charge is -2.20. The summed E-state index contributed by atoms with van der Waals surface area (Å²) in [4.78, 5) is 24.8. The average molecular weight is 476 g/mol. The molecule has 180 valence electrons. The predicted molar refractivity (Wildman–Crippen MR) is 127 cm³/mol. The molecule has 2 rings (SSSR count). The van der Waals surface area contributed by atoms with E-state index in [-0.39, 0.29) is 15.9 Å². The second-order valence-electron chi connectivity index (χ2n) is 8.59. The van der Waals surface area contributed by atoms with E-state index in [0.29, 0.717) is 18.8 Å². The number of hydrogen-bond donors (Lipinski definition) is 2. The molecule has 2 N–H and O–H groups in total. The Morgan fingerprint density at radius 1 is 1.00 bits per heavy atom. The first kappa shape index (κ1) is 26.3. The van der Waals surface area contributed by atoms with E-state index >= 15 is 0 Å². The number of benzene rings is 2. The van der Waals surface area contributed by atoms with Gasteiger partial charge in [-0.1, -0.05) is 52.8 Å². The summed E-state index contributed by atoms with van der Waals surface area (Å²) < 4.78 is 32.3. The fraction of sp³-hybridized carbons (Fsp3) is 0.417. The van der Waals surface area contributed by atoms with Crippen molar-refractivity contribution < 1.29 is 22.7 Å². The molecule has 0 saturated heterocycles. The molecule has 0 heterocycles. The molecule has 0 aromatic heterocycles. The molecule has 0 spiro atoms. The Kier molecular flexibility index (Phi) is 8.63. The quantitative estimate of drug-likeness (QED) is 0.571. The summed E-state index contributed by atoms with van der Waals surface area (Å²) in [6.45, 7) is 12.0. The fourth-order valence-corrected chi connectivity index (χ4v) is 4.60. The molecular weight excluding hydrogens is 442 g/mol. The third kappa shape index (κ3) is 6.79. The van der Waals surface area contributed by atoms with Crippen LogP contribution in [0.2, 0.25) is 0 Å². The van der Waals surface area contributed by atoms with Gasteiger partial charge in [-0.25, -0.2) is 8.42 Å². The summed E-state index contributed by atoms with van der Waals surface area (Å²) in [6, 6.07) is 13.2. The highest BCUT2D eigenvalue weighted by Crippen LogP contribution is 2.24. The van der Waals surface area contributed by atoms with Crippen LogP contribution < -0.4 is 15.6 Å². The third-order valence-corrected chi connectivity index (χ3v) is 7.19. The van der Waals surface area contributed by atoms with E-state index in [0.717, 1.165) is 5.56 Å². The molecule has 2 aromatic rings. The maximum absolute atomic E-state index is 12.7. The van der Waals surface area contributed by atoms with Gasteiger partial charge in [-0.2, -0.15) is 4.31 Å². The van der Waals surface area contributed by atoms with E-state index < -0.39 is 27.9 Å². The van der Waals surface area contributed by atoms with Crippen molar-refractivity contribution in [2.45, 2.75) is 58.0 Å². The van der Waals surface area contributed by atoms with Crippen LogP contribution in [0.15, 0.2) is 53.4 Å². The van der Waals surface area contributed by atoms with E-state index in [1.807, 2.05) is 12.1 Å². The largest absolute Gasteiger partial charge is 0.481 e. The Hall–Kier alpha value is -2.91. The second-order valence-corrected chi connectivity index (χ2v) is 10.5. The lowest BCUT2D eigenvalue weighted by molar-refractivity contribution is -0.128. The molecule has 1 unspecified atom stereocenters. The molecule has 2 aromatic carbocycles. The van der Waals surface area contributed by atoms with Crippen molar-refractivity contribution in [1.29, 1.82) is 0 Å². The van der Waals surface area contributed by atoms with Crippen LogP contribution in [0.25, 0.3) is 0 Å². The standard InChI is InChI=1S/C24H33N3O5S/c1-7-27(8-2)33(30,31)21-11-9-10-18(16-21)23(29)26-25-22(28)17(3)32-20-14-12-19(13-15-20)24(4,5)6/h9-17H,7-8H2,1-6H3,(H,25,28)(H,26,29). The second kappa shape index (κ2) is 10.8. The van der Waals surface area contributed by atoms with E-state index in [1.165, 1.54) is 28.6 Å². The van der Waals surface area contributed by atoms with Gasteiger partial charge in [0.1, 0.15) is 5.75 Å². The molecule has 8 nitrogen and oxygen atoms in total. The van der Waals surface area contributed by atoms with Crippen molar-refractivity contribution in [3.63, 3.8) is 0 Å². The van der Waals surface area contributed by atoms with Crippen molar-refractivity contribution in [2.24, 2.45) is 0 Å². The molecule has 0 aliphatic heterocycles. The van der Waals surface area contributed by atoms with Gasteiger partial charge in [-0.15, -0.1) is 0 Å². The van der Waals surface area contributed by atoms with Crippen LogP contribution in [0.3, 0.4) is 0 Å². The van der Waals surface area contributed by atoms with E-state index in [9.17, 15) is 18.0 Å². The number of sulfonamides is 1. The maximum atomic E-state index is 12.7. The summed E-state index contributed by atoms with van der Waals surface area (Å²) in [5.74, 6) is -0.650. The Labute approximate surface area is 196 Å². The van der Waals surface area contributed by atoms with E-state index in [1.54, 1.807) is 32.9 Å². The predicted octanol–water partition coefficient (Wildman–Crippen LogP) is 3.24. The summed E-state index contributed by atoms with van der Waals surface area (Å²) >= 11 is 0. The first-order valence-corrected chi connectivity index (χ1v) is 12.3. The minimum absolute atomic E-state index is 0.00774. The summed E-state index contributed by atoms with van der Waals surface area (Å²) in [7, 11) is -3.70. The van der Waals surface area contributed by atoms with Crippen molar-refractivity contribution in [2.75, 3.05) is 13.1 Å². The number of rotatable bonds is 8. The summed E-state index contributed by atoms with van der Waals surface area (Å²) in [6.07, 6.45) is -0.861. The minimum Gasteiger partial charge on any atom is -0.481 e. The number of hydrazine groups is 1. The van der Waals surface area contributed by atoms with Crippen molar-refractivity contribution in [1.82, 2.24) is 15.2 Å². The fourth-order valence-electron chi connectivity index (χ4n) is 3.09. The topological polar surface area (TPSA) is 105 Å². The Bertz CT molecular complexity index is 1070. The monoisotopic (exact) mass is 475 g/mol. The molecule has 0 aliphatic rings.